The van der Waals surface area contributed by atoms with Crippen LogP contribution in [0.1, 0.15) is 42.0 Å². The van der Waals surface area contributed by atoms with E-state index in [4.69, 9.17) is 0 Å². The minimum atomic E-state index is 0. The molecule has 0 saturated carbocycles. The summed E-state index contributed by atoms with van der Waals surface area (Å²) >= 11 is 1.84. The maximum absolute atomic E-state index is 11.7. The second-order valence-electron chi connectivity index (χ2n) is 5.05. The van der Waals surface area contributed by atoms with Gasteiger partial charge in [0, 0.05) is 28.8 Å². The third kappa shape index (κ3) is 7.27. The summed E-state index contributed by atoms with van der Waals surface area (Å²) in [5, 5.41) is 6.25. The molecule has 1 amide bonds. The molecule has 0 aliphatic heterocycles. The summed E-state index contributed by atoms with van der Waals surface area (Å²) in [5.74, 6) is 0.161. The summed E-state index contributed by atoms with van der Waals surface area (Å²) in [6.45, 7) is 10.1. The van der Waals surface area contributed by atoms with Crippen molar-refractivity contribution in [2.75, 3.05) is 13.1 Å². The molecule has 0 unspecified atom stereocenters. The number of amides is 1. The number of likely N-dealkylation sites (N-methyl/N-ethyl adjacent to an activating group) is 1. The van der Waals surface area contributed by atoms with Crippen LogP contribution >= 0.6 is 23.7 Å². The Labute approximate surface area is 133 Å². The maximum Gasteiger partial charge on any atom is 0.220 e. The van der Waals surface area contributed by atoms with Crippen LogP contribution < -0.4 is 10.6 Å². The fourth-order valence-corrected chi connectivity index (χ4v) is 3.12. The van der Waals surface area contributed by atoms with E-state index in [0.717, 1.165) is 19.4 Å². The molecule has 1 aromatic heterocycles. The molecule has 0 radical (unpaired) electrons. The van der Waals surface area contributed by atoms with Crippen molar-refractivity contribution >= 4 is 29.7 Å². The van der Waals surface area contributed by atoms with Crippen molar-refractivity contribution in [3.8, 4) is 0 Å². The van der Waals surface area contributed by atoms with Gasteiger partial charge in [-0.05, 0) is 51.8 Å². The lowest BCUT2D eigenvalue weighted by Crippen LogP contribution is -2.38. The predicted molar refractivity (Wildman–Crippen MR) is 90.1 cm³/mol. The van der Waals surface area contributed by atoms with Gasteiger partial charge in [0.15, 0.2) is 0 Å². The highest BCUT2D eigenvalue weighted by Crippen LogP contribution is 2.22. The third-order valence-electron chi connectivity index (χ3n) is 3.15. The number of hydrogen-bond donors (Lipinski definition) is 2. The second-order valence-corrected chi connectivity index (χ2v) is 6.52. The Kier molecular flexibility index (Phi) is 9.90. The molecule has 0 bridgehead atoms. The minimum absolute atomic E-state index is 0. The van der Waals surface area contributed by atoms with E-state index in [1.807, 2.05) is 11.3 Å². The normalized spacial score (nSPS) is 11.8. The zero-order valence-electron chi connectivity index (χ0n) is 12.9. The predicted octanol–water partition coefficient (Wildman–Crippen LogP) is 3.22. The summed E-state index contributed by atoms with van der Waals surface area (Å²) < 4.78 is 0. The van der Waals surface area contributed by atoms with E-state index < -0.39 is 0 Å². The van der Waals surface area contributed by atoms with Crippen molar-refractivity contribution in [1.82, 2.24) is 10.6 Å². The molecule has 1 rings (SSSR count). The number of halogens is 1. The quantitative estimate of drug-likeness (QED) is 0.772. The van der Waals surface area contributed by atoms with Gasteiger partial charge in [0.05, 0.1) is 0 Å². The first kappa shape index (κ1) is 19.4. The van der Waals surface area contributed by atoms with Gasteiger partial charge in [-0.15, -0.1) is 23.7 Å². The summed E-state index contributed by atoms with van der Waals surface area (Å²) in [4.78, 5) is 14.4. The van der Waals surface area contributed by atoms with Gasteiger partial charge in [-0.3, -0.25) is 4.79 Å². The number of hydrogen-bond acceptors (Lipinski definition) is 3. The molecule has 1 aromatic rings. The average Bonchev–Trinajstić information content (AvgIpc) is 2.66. The molecular weight excluding hydrogens is 292 g/mol. The molecule has 2 N–H and O–H groups in total. The lowest BCUT2D eigenvalue weighted by Gasteiger charge is -2.13. The number of nitrogens with one attached hydrogen (secondary N) is 2. The molecule has 0 aromatic carbocycles. The van der Waals surface area contributed by atoms with E-state index in [2.05, 4.69) is 44.4 Å². The standard InChI is InChI=1S/C15H26N2OS.ClH/c1-5-16-11(2)10-17-15(18)8-6-7-14-9-12(3)19-13(14)4;/h9,11,16H,5-8,10H2,1-4H3,(H,17,18);1H/t11-;/m1./s1. The van der Waals surface area contributed by atoms with Gasteiger partial charge < -0.3 is 10.6 Å². The van der Waals surface area contributed by atoms with Crippen LogP contribution in [0.15, 0.2) is 6.07 Å². The summed E-state index contributed by atoms with van der Waals surface area (Å²) in [6.07, 6.45) is 2.55. The van der Waals surface area contributed by atoms with Crippen LogP contribution in [0.3, 0.4) is 0 Å². The smallest absolute Gasteiger partial charge is 0.220 e. The maximum atomic E-state index is 11.7. The molecule has 3 nitrogen and oxygen atoms in total. The van der Waals surface area contributed by atoms with E-state index >= 15 is 0 Å². The highest BCUT2D eigenvalue weighted by Gasteiger charge is 2.06. The van der Waals surface area contributed by atoms with Crippen molar-refractivity contribution in [3.05, 3.63) is 21.4 Å². The Bertz CT molecular complexity index is 407. The highest BCUT2D eigenvalue weighted by molar-refractivity contribution is 7.12. The van der Waals surface area contributed by atoms with Crippen LogP contribution in [0.2, 0.25) is 0 Å². The van der Waals surface area contributed by atoms with Crippen LogP contribution in [-0.4, -0.2) is 25.0 Å². The van der Waals surface area contributed by atoms with Crippen LogP contribution in [0, 0.1) is 13.8 Å². The van der Waals surface area contributed by atoms with Gasteiger partial charge >= 0.3 is 0 Å². The number of aryl methyl sites for hydroxylation is 3. The molecular formula is C15H27ClN2OS. The first-order chi connectivity index (χ1) is 9.02. The Hall–Kier alpha value is -0.580. The molecule has 0 aliphatic rings. The monoisotopic (exact) mass is 318 g/mol. The lowest BCUT2D eigenvalue weighted by molar-refractivity contribution is -0.121. The van der Waals surface area contributed by atoms with E-state index in [1.54, 1.807) is 0 Å². The van der Waals surface area contributed by atoms with Crippen molar-refractivity contribution < 1.29 is 4.79 Å². The second kappa shape index (κ2) is 10.2. The molecule has 0 aliphatic carbocycles. The molecule has 0 fully saturated rings. The largest absolute Gasteiger partial charge is 0.355 e. The van der Waals surface area contributed by atoms with Gasteiger partial charge in [0.1, 0.15) is 0 Å². The first-order valence-corrected chi connectivity index (χ1v) is 7.90. The van der Waals surface area contributed by atoms with Crippen LogP contribution in [0.25, 0.3) is 0 Å². The summed E-state index contributed by atoms with van der Waals surface area (Å²) in [6, 6.07) is 2.58. The topological polar surface area (TPSA) is 41.1 Å². The molecule has 0 spiro atoms. The average molecular weight is 319 g/mol. The molecule has 0 saturated heterocycles. The van der Waals surface area contributed by atoms with Crippen molar-refractivity contribution in [3.63, 3.8) is 0 Å². The molecule has 116 valence electrons. The Morgan fingerprint density at radius 3 is 2.65 bits per heavy atom. The van der Waals surface area contributed by atoms with Gasteiger partial charge in [0.2, 0.25) is 5.91 Å². The van der Waals surface area contributed by atoms with E-state index in [-0.39, 0.29) is 18.3 Å². The number of carbonyl (C=O) groups is 1. The van der Waals surface area contributed by atoms with E-state index in [9.17, 15) is 4.79 Å². The van der Waals surface area contributed by atoms with Gasteiger partial charge in [-0.1, -0.05) is 6.92 Å². The van der Waals surface area contributed by atoms with Crippen LogP contribution in [0.4, 0.5) is 0 Å². The third-order valence-corrected chi connectivity index (χ3v) is 4.16. The van der Waals surface area contributed by atoms with Crippen LogP contribution in [-0.2, 0) is 11.2 Å². The lowest BCUT2D eigenvalue weighted by atomic mass is 10.1. The Balaban J connectivity index is 0.00000361. The summed E-state index contributed by atoms with van der Waals surface area (Å²) in [7, 11) is 0. The zero-order chi connectivity index (χ0) is 14.3. The fourth-order valence-electron chi connectivity index (χ4n) is 2.15. The highest BCUT2D eigenvalue weighted by atomic mass is 35.5. The van der Waals surface area contributed by atoms with Crippen molar-refractivity contribution in [2.24, 2.45) is 0 Å². The Morgan fingerprint density at radius 2 is 2.10 bits per heavy atom. The molecule has 5 heteroatoms. The van der Waals surface area contributed by atoms with Crippen molar-refractivity contribution in [2.45, 2.75) is 53.0 Å². The molecule has 1 heterocycles. The van der Waals surface area contributed by atoms with Gasteiger partial charge in [-0.25, -0.2) is 0 Å². The SMILES string of the molecule is CCN[C@H](C)CNC(=O)CCCc1cc(C)sc1C.Cl. The fraction of sp³-hybridized carbons (Fsp3) is 0.667. The van der Waals surface area contributed by atoms with Gasteiger partial charge in [0.25, 0.3) is 0 Å². The molecule has 20 heavy (non-hydrogen) atoms. The first-order valence-electron chi connectivity index (χ1n) is 7.09. The van der Waals surface area contributed by atoms with E-state index in [1.165, 1.54) is 15.3 Å². The van der Waals surface area contributed by atoms with Gasteiger partial charge in [-0.2, -0.15) is 0 Å². The molecule has 1 atom stereocenters. The number of thiophene rings is 1. The number of carbonyl (C=O) groups excluding carboxylic acids is 1. The van der Waals surface area contributed by atoms with E-state index in [0.29, 0.717) is 19.0 Å². The summed E-state index contributed by atoms with van der Waals surface area (Å²) in [5.41, 5.74) is 1.40. The Morgan fingerprint density at radius 1 is 1.40 bits per heavy atom. The van der Waals surface area contributed by atoms with Crippen molar-refractivity contribution in [1.29, 1.82) is 0 Å². The minimum Gasteiger partial charge on any atom is -0.355 e. The van der Waals surface area contributed by atoms with Crippen LogP contribution in [0.5, 0.6) is 0 Å². The zero-order valence-corrected chi connectivity index (χ0v) is 14.5. The number of rotatable bonds is 8.